The first-order valence-electron chi connectivity index (χ1n) is 7.82. The van der Waals surface area contributed by atoms with Crippen molar-refractivity contribution in [1.29, 1.82) is 0 Å². The standard InChI is InChI=1S/C17H25BrO2/c1-2-11-19-16-10-9-14(13-18)17(12-16)20-15-7-5-3-4-6-8-15/h9-10,12,15H,2-8,11,13H2,1H3. The van der Waals surface area contributed by atoms with Gasteiger partial charge >= 0.3 is 0 Å². The molecule has 2 rings (SSSR count). The molecule has 0 unspecified atom stereocenters. The Morgan fingerprint density at radius 1 is 1.15 bits per heavy atom. The highest BCUT2D eigenvalue weighted by atomic mass is 79.9. The third kappa shape index (κ3) is 4.69. The van der Waals surface area contributed by atoms with Gasteiger partial charge in [0.05, 0.1) is 12.7 Å². The lowest BCUT2D eigenvalue weighted by Gasteiger charge is -2.19. The second-order valence-corrected chi connectivity index (χ2v) is 6.04. The van der Waals surface area contributed by atoms with Gasteiger partial charge in [0.1, 0.15) is 11.5 Å². The summed E-state index contributed by atoms with van der Waals surface area (Å²) in [7, 11) is 0. The molecule has 0 atom stereocenters. The fourth-order valence-corrected chi connectivity index (χ4v) is 3.07. The van der Waals surface area contributed by atoms with Crippen LogP contribution < -0.4 is 9.47 Å². The van der Waals surface area contributed by atoms with Crippen molar-refractivity contribution in [2.75, 3.05) is 6.61 Å². The van der Waals surface area contributed by atoms with E-state index < -0.39 is 0 Å². The second-order valence-electron chi connectivity index (χ2n) is 5.48. The number of rotatable bonds is 6. The van der Waals surface area contributed by atoms with Crippen molar-refractivity contribution in [2.24, 2.45) is 0 Å². The predicted molar refractivity (Wildman–Crippen MR) is 87.0 cm³/mol. The van der Waals surface area contributed by atoms with Crippen LogP contribution >= 0.6 is 15.9 Å². The van der Waals surface area contributed by atoms with E-state index >= 15 is 0 Å². The summed E-state index contributed by atoms with van der Waals surface area (Å²) < 4.78 is 12.0. The van der Waals surface area contributed by atoms with Gasteiger partial charge in [-0.1, -0.05) is 41.8 Å². The molecule has 1 aromatic rings. The van der Waals surface area contributed by atoms with Gasteiger partial charge in [-0.3, -0.25) is 0 Å². The van der Waals surface area contributed by atoms with Gasteiger partial charge < -0.3 is 9.47 Å². The molecule has 3 heteroatoms. The van der Waals surface area contributed by atoms with Gasteiger partial charge in [0.2, 0.25) is 0 Å². The van der Waals surface area contributed by atoms with Crippen LogP contribution in [-0.2, 0) is 5.33 Å². The highest BCUT2D eigenvalue weighted by Gasteiger charge is 2.15. The SMILES string of the molecule is CCCOc1ccc(CBr)c(OC2CCCCCC2)c1. The van der Waals surface area contributed by atoms with Crippen molar-refractivity contribution in [3.05, 3.63) is 23.8 Å². The Morgan fingerprint density at radius 2 is 1.90 bits per heavy atom. The maximum Gasteiger partial charge on any atom is 0.127 e. The summed E-state index contributed by atoms with van der Waals surface area (Å²) >= 11 is 3.55. The van der Waals surface area contributed by atoms with Crippen molar-refractivity contribution in [2.45, 2.75) is 63.3 Å². The summed E-state index contributed by atoms with van der Waals surface area (Å²) in [5, 5.41) is 0.823. The Morgan fingerprint density at radius 3 is 2.55 bits per heavy atom. The molecule has 1 aliphatic rings. The molecule has 1 aromatic carbocycles. The Labute approximate surface area is 131 Å². The van der Waals surface area contributed by atoms with Crippen molar-refractivity contribution in [3.63, 3.8) is 0 Å². The number of ether oxygens (including phenoxy) is 2. The predicted octanol–water partition coefficient (Wildman–Crippen LogP) is 5.47. The molecule has 1 aliphatic carbocycles. The Bertz CT molecular complexity index is 398. The van der Waals surface area contributed by atoms with Gasteiger partial charge in [0.25, 0.3) is 0 Å². The smallest absolute Gasteiger partial charge is 0.127 e. The van der Waals surface area contributed by atoms with Gasteiger partial charge in [-0.05, 0) is 38.2 Å². The quantitative estimate of drug-likeness (QED) is 0.504. The van der Waals surface area contributed by atoms with Crippen LogP contribution in [0.5, 0.6) is 11.5 Å². The number of hydrogen-bond acceptors (Lipinski definition) is 2. The van der Waals surface area contributed by atoms with Crippen molar-refractivity contribution in [3.8, 4) is 11.5 Å². The van der Waals surface area contributed by atoms with E-state index in [9.17, 15) is 0 Å². The third-order valence-electron chi connectivity index (χ3n) is 3.75. The zero-order chi connectivity index (χ0) is 14.2. The molecular formula is C17H25BrO2. The van der Waals surface area contributed by atoms with Crippen LogP contribution in [0, 0.1) is 0 Å². The molecular weight excluding hydrogens is 316 g/mol. The molecule has 0 saturated heterocycles. The fourth-order valence-electron chi connectivity index (χ4n) is 2.60. The van der Waals surface area contributed by atoms with E-state index in [0.717, 1.165) is 29.9 Å². The topological polar surface area (TPSA) is 18.5 Å². The van der Waals surface area contributed by atoms with Gasteiger partial charge in [-0.2, -0.15) is 0 Å². The van der Waals surface area contributed by atoms with Crippen LogP contribution in [0.4, 0.5) is 0 Å². The molecule has 1 saturated carbocycles. The lowest BCUT2D eigenvalue weighted by molar-refractivity contribution is 0.181. The van der Waals surface area contributed by atoms with E-state index in [1.165, 1.54) is 44.1 Å². The fraction of sp³-hybridized carbons (Fsp3) is 0.647. The first-order chi connectivity index (χ1) is 9.83. The van der Waals surface area contributed by atoms with Gasteiger partial charge in [0, 0.05) is 17.0 Å². The molecule has 1 fully saturated rings. The minimum absolute atomic E-state index is 0.372. The summed E-state index contributed by atoms with van der Waals surface area (Å²) in [5.41, 5.74) is 1.21. The Kier molecular flexibility index (Phi) is 6.71. The zero-order valence-electron chi connectivity index (χ0n) is 12.4. The average molecular weight is 341 g/mol. The van der Waals surface area contributed by atoms with Crippen LogP contribution in [0.25, 0.3) is 0 Å². The molecule has 20 heavy (non-hydrogen) atoms. The van der Waals surface area contributed by atoms with Gasteiger partial charge in [-0.25, -0.2) is 0 Å². The number of alkyl halides is 1. The molecule has 0 radical (unpaired) electrons. The van der Waals surface area contributed by atoms with E-state index in [-0.39, 0.29) is 0 Å². The number of benzene rings is 1. The van der Waals surface area contributed by atoms with Crippen LogP contribution in [0.3, 0.4) is 0 Å². The normalized spacial score (nSPS) is 16.7. The number of halogens is 1. The van der Waals surface area contributed by atoms with Crippen LogP contribution in [-0.4, -0.2) is 12.7 Å². The zero-order valence-corrected chi connectivity index (χ0v) is 14.0. The van der Waals surface area contributed by atoms with E-state index in [4.69, 9.17) is 9.47 Å². The van der Waals surface area contributed by atoms with E-state index in [2.05, 4.69) is 35.0 Å². The summed E-state index contributed by atoms with van der Waals surface area (Å²) in [5.74, 6) is 1.91. The highest BCUT2D eigenvalue weighted by molar-refractivity contribution is 9.08. The van der Waals surface area contributed by atoms with Gasteiger partial charge in [-0.15, -0.1) is 0 Å². The maximum atomic E-state index is 6.27. The molecule has 0 N–H and O–H groups in total. The van der Waals surface area contributed by atoms with Crippen LogP contribution in [0.15, 0.2) is 18.2 Å². The molecule has 2 nitrogen and oxygen atoms in total. The lowest BCUT2D eigenvalue weighted by Crippen LogP contribution is -2.16. The van der Waals surface area contributed by atoms with E-state index in [1.807, 2.05) is 6.07 Å². The molecule has 112 valence electrons. The molecule has 0 bridgehead atoms. The first-order valence-corrected chi connectivity index (χ1v) is 8.94. The Balaban J connectivity index is 2.06. The third-order valence-corrected chi connectivity index (χ3v) is 4.36. The summed E-state index contributed by atoms with van der Waals surface area (Å²) in [6.45, 7) is 2.88. The monoisotopic (exact) mass is 340 g/mol. The highest BCUT2D eigenvalue weighted by Crippen LogP contribution is 2.30. The van der Waals surface area contributed by atoms with Crippen LogP contribution in [0.1, 0.15) is 57.4 Å². The van der Waals surface area contributed by atoms with Crippen molar-refractivity contribution >= 4 is 15.9 Å². The number of hydrogen-bond donors (Lipinski definition) is 0. The lowest BCUT2D eigenvalue weighted by atomic mass is 10.1. The van der Waals surface area contributed by atoms with Gasteiger partial charge in [0.15, 0.2) is 0 Å². The second kappa shape index (κ2) is 8.56. The minimum atomic E-state index is 0.372. The van der Waals surface area contributed by atoms with Crippen LogP contribution in [0.2, 0.25) is 0 Å². The minimum Gasteiger partial charge on any atom is -0.493 e. The summed E-state index contributed by atoms with van der Waals surface area (Å²) in [6.07, 6.45) is 9.05. The first kappa shape index (κ1) is 15.7. The summed E-state index contributed by atoms with van der Waals surface area (Å²) in [6, 6.07) is 6.19. The van der Waals surface area contributed by atoms with Crippen molar-refractivity contribution in [1.82, 2.24) is 0 Å². The maximum absolute atomic E-state index is 6.27. The van der Waals surface area contributed by atoms with E-state index in [0.29, 0.717) is 6.10 Å². The molecule has 0 spiro atoms. The largest absolute Gasteiger partial charge is 0.493 e. The molecule has 0 heterocycles. The average Bonchev–Trinajstić information content (AvgIpc) is 2.74. The molecule has 0 aromatic heterocycles. The van der Waals surface area contributed by atoms with E-state index in [1.54, 1.807) is 0 Å². The Hall–Kier alpha value is -0.700. The molecule has 0 amide bonds. The van der Waals surface area contributed by atoms with Crippen molar-refractivity contribution < 1.29 is 9.47 Å². The molecule has 0 aliphatic heterocycles. The summed E-state index contributed by atoms with van der Waals surface area (Å²) in [4.78, 5) is 0.